The minimum Gasteiger partial charge on any atom is -0.466 e. The Labute approximate surface area is 184 Å². The van der Waals surface area contributed by atoms with Crippen molar-refractivity contribution in [2.24, 2.45) is 0 Å². The van der Waals surface area contributed by atoms with E-state index in [2.05, 4.69) is 20.4 Å². The smallest absolute Gasteiger partial charge is 0.257 e. The van der Waals surface area contributed by atoms with Crippen molar-refractivity contribution in [2.45, 2.75) is 49.9 Å². The lowest BCUT2D eigenvalue weighted by molar-refractivity contribution is -0.119. The average molecular weight is 450 g/mol. The standard InChI is InChI=1S/C20H27N5O3S2/c1-13-11-16(14(2)28-13)18(27)24-7-9-25(10-8-24)19-22-23-20(30-19)29-12-17(26)21-15-5-3-4-6-15/h11,15H,3-10,12H2,1-2H3,(H,21,26). The van der Waals surface area contributed by atoms with Crippen LogP contribution in [0.3, 0.4) is 0 Å². The van der Waals surface area contributed by atoms with Crippen molar-refractivity contribution in [1.82, 2.24) is 20.4 Å². The Hall–Kier alpha value is -2.07. The summed E-state index contributed by atoms with van der Waals surface area (Å²) in [6.07, 6.45) is 4.59. The van der Waals surface area contributed by atoms with Crippen LogP contribution in [-0.2, 0) is 4.79 Å². The van der Waals surface area contributed by atoms with Crippen LogP contribution in [0.25, 0.3) is 0 Å². The maximum absolute atomic E-state index is 12.7. The Balaban J connectivity index is 1.25. The van der Waals surface area contributed by atoms with Gasteiger partial charge in [0.15, 0.2) is 4.34 Å². The van der Waals surface area contributed by atoms with Gasteiger partial charge in [0.25, 0.3) is 5.91 Å². The van der Waals surface area contributed by atoms with Crippen LogP contribution in [0.1, 0.15) is 47.6 Å². The molecule has 3 heterocycles. The number of anilines is 1. The molecule has 2 aromatic heterocycles. The topological polar surface area (TPSA) is 91.6 Å². The molecular weight excluding hydrogens is 422 g/mol. The van der Waals surface area contributed by atoms with Gasteiger partial charge in [-0.2, -0.15) is 0 Å². The molecule has 2 fully saturated rings. The molecule has 4 rings (SSSR count). The molecule has 1 aliphatic heterocycles. The fourth-order valence-corrected chi connectivity index (χ4v) is 5.67. The summed E-state index contributed by atoms with van der Waals surface area (Å²) in [6, 6.07) is 2.15. The lowest BCUT2D eigenvalue weighted by Crippen LogP contribution is -2.48. The van der Waals surface area contributed by atoms with Crippen molar-refractivity contribution in [2.75, 3.05) is 36.8 Å². The van der Waals surface area contributed by atoms with Gasteiger partial charge in [-0.15, -0.1) is 10.2 Å². The molecule has 0 bridgehead atoms. The minimum atomic E-state index is 0.0192. The number of aromatic nitrogens is 2. The van der Waals surface area contributed by atoms with E-state index in [0.717, 1.165) is 28.1 Å². The molecule has 162 valence electrons. The number of aryl methyl sites for hydroxylation is 2. The number of nitrogens with one attached hydrogen (secondary N) is 1. The van der Waals surface area contributed by atoms with Crippen LogP contribution >= 0.6 is 23.1 Å². The number of carbonyl (C=O) groups is 2. The van der Waals surface area contributed by atoms with E-state index in [1.54, 1.807) is 6.07 Å². The molecule has 2 aliphatic rings. The molecule has 0 radical (unpaired) electrons. The second-order valence-electron chi connectivity index (χ2n) is 7.79. The molecule has 2 amide bonds. The predicted molar refractivity (Wildman–Crippen MR) is 117 cm³/mol. The van der Waals surface area contributed by atoms with Crippen molar-refractivity contribution in [1.29, 1.82) is 0 Å². The number of piperazine rings is 1. The molecule has 0 aromatic carbocycles. The monoisotopic (exact) mass is 449 g/mol. The normalized spacial score (nSPS) is 17.5. The van der Waals surface area contributed by atoms with Crippen molar-refractivity contribution in [3.63, 3.8) is 0 Å². The molecule has 10 heteroatoms. The Morgan fingerprint density at radius 2 is 1.93 bits per heavy atom. The Morgan fingerprint density at radius 3 is 2.60 bits per heavy atom. The SMILES string of the molecule is Cc1cc(C(=O)N2CCN(c3nnc(SCC(=O)NC4CCCC4)s3)CC2)c(C)o1. The Kier molecular flexibility index (Phi) is 6.62. The zero-order chi connectivity index (χ0) is 21.1. The number of furan rings is 1. The van der Waals surface area contributed by atoms with Crippen LogP contribution < -0.4 is 10.2 Å². The van der Waals surface area contributed by atoms with Crippen LogP contribution in [0, 0.1) is 13.8 Å². The summed E-state index contributed by atoms with van der Waals surface area (Å²) >= 11 is 2.94. The fourth-order valence-electron chi connectivity index (χ4n) is 3.97. The van der Waals surface area contributed by atoms with Gasteiger partial charge in [-0.25, -0.2) is 0 Å². The number of hydrogen-bond acceptors (Lipinski definition) is 8. The highest BCUT2D eigenvalue weighted by Gasteiger charge is 2.26. The third kappa shape index (κ3) is 4.97. The summed E-state index contributed by atoms with van der Waals surface area (Å²) in [5.74, 6) is 1.89. The van der Waals surface area contributed by atoms with Gasteiger partial charge in [-0.05, 0) is 32.8 Å². The zero-order valence-corrected chi connectivity index (χ0v) is 19.0. The van der Waals surface area contributed by atoms with Crippen LogP contribution in [0.5, 0.6) is 0 Å². The van der Waals surface area contributed by atoms with Gasteiger partial charge in [0.2, 0.25) is 11.0 Å². The zero-order valence-electron chi connectivity index (χ0n) is 17.3. The van der Waals surface area contributed by atoms with Crippen molar-refractivity contribution < 1.29 is 14.0 Å². The van der Waals surface area contributed by atoms with E-state index in [4.69, 9.17) is 4.42 Å². The Bertz CT molecular complexity index is 898. The molecule has 8 nitrogen and oxygen atoms in total. The maximum atomic E-state index is 12.7. The molecule has 30 heavy (non-hydrogen) atoms. The third-order valence-electron chi connectivity index (χ3n) is 5.55. The van der Waals surface area contributed by atoms with Gasteiger partial charge in [-0.3, -0.25) is 9.59 Å². The molecule has 1 saturated heterocycles. The highest BCUT2D eigenvalue weighted by molar-refractivity contribution is 8.01. The fraction of sp³-hybridized carbons (Fsp3) is 0.600. The van der Waals surface area contributed by atoms with E-state index in [1.165, 1.54) is 35.9 Å². The van der Waals surface area contributed by atoms with Gasteiger partial charge in [-0.1, -0.05) is 35.9 Å². The summed E-state index contributed by atoms with van der Waals surface area (Å²) in [4.78, 5) is 28.8. The summed E-state index contributed by atoms with van der Waals surface area (Å²) in [7, 11) is 0. The van der Waals surface area contributed by atoms with E-state index in [-0.39, 0.29) is 11.8 Å². The summed E-state index contributed by atoms with van der Waals surface area (Å²) in [5.41, 5.74) is 0.645. The highest BCUT2D eigenvalue weighted by atomic mass is 32.2. The van der Waals surface area contributed by atoms with Gasteiger partial charge in [0.1, 0.15) is 11.5 Å². The molecular formula is C20H27N5O3S2. The van der Waals surface area contributed by atoms with Crippen molar-refractivity contribution in [3.05, 3.63) is 23.2 Å². The van der Waals surface area contributed by atoms with Crippen molar-refractivity contribution >= 4 is 40.0 Å². The van der Waals surface area contributed by atoms with E-state index in [0.29, 0.717) is 49.3 Å². The van der Waals surface area contributed by atoms with Gasteiger partial charge >= 0.3 is 0 Å². The number of carbonyl (C=O) groups excluding carboxylic acids is 2. The maximum Gasteiger partial charge on any atom is 0.257 e. The van der Waals surface area contributed by atoms with E-state index < -0.39 is 0 Å². The second kappa shape index (κ2) is 9.38. The van der Waals surface area contributed by atoms with Crippen LogP contribution in [0.15, 0.2) is 14.8 Å². The Morgan fingerprint density at radius 1 is 1.20 bits per heavy atom. The summed E-state index contributed by atoms with van der Waals surface area (Å²) in [6.45, 7) is 6.37. The van der Waals surface area contributed by atoms with Gasteiger partial charge in [0, 0.05) is 32.2 Å². The quantitative estimate of drug-likeness (QED) is 0.678. The highest BCUT2D eigenvalue weighted by Crippen LogP contribution is 2.29. The predicted octanol–water partition coefficient (Wildman–Crippen LogP) is 2.86. The molecule has 0 spiro atoms. The average Bonchev–Trinajstić information content (AvgIpc) is 3.48. The van der Waals surface area contributed by atoms with Crippen molar-refractivity contribution in [3.8, 4) is 0 Å². The summed E-state index contributed by atoms with van der Waals surface area (Å²) in [5, 5.41) is 12.5. The number of rotatable bonds is 6. The minimum absolute atomic E-state index is 0.0192. The number of hydrogen-bond donors (Lipinski definition) is 1. The molecule has 0 unspecified atom stereocenters. The van der Waals surface area contributed by atoms with E-state index >= 15 is 0 Å². The van der Waals surface area contributed by atoms with Crippen LogP contribution in [-0.4, -0.2) is 64.9 Å². The molecule has 1 N–H and O–H groups in total. The first-order valence-electron chi connectivity index (χ1n) is 10.4. The first kappa shape index (κ1) is 21.2. The largest absolute Gasteiger partial charge is 0.466 e. The van der Waals surface area contributed by atoms with E-state index in [1.807, 2.05) is 18.7 Å². The first-order chi connectivity index (χ1) is 14.5. The van der Waals surface area contributed by atoms with E-state index in [9.17, 15) is 9.59 Å². The van der Waals surface area contributed by atoms with Crippen LogP contribution in [0.4, 0.5) is 5.13 Å². The third-order valence-corrected chi connectivity index (χ3v) is 7.67. The van der Waals surface area contributed by atoms with Gasteiger partial charge < -0.3 is 19.5 Å². The number of thioether (sulfide) groups is 1. The molecule has 0 atom stereocenters. The molecule has 1 aliphatic carbocycles. The summed E-state index contributed by atoms with van der Waals surface area (Å²) < 4.78 is 6.29. The lowest BCUT2D eigenvalue weighted by Gasteiger charge is -2.34. The van der Waals surface area contributed by atoms with Gasteiger partial charge in [0.05, 0.1) is 11.3 Å². The second-order valence-corrected chi connectivity index (χ2v) is 9.97. The van der Waals surface area contributed by atoms with Crippen LogP contribution in [0.2, 0.25) is 0 Å². The number of nitrogens with zero attached hydrogens (tertiary/aromatic N) is 4. The first-order valence-corrected chi connectivity index (χ1v) is 12.2. The molecule has 2 aromatic rings. The lowest BCUT2D eigenvalue weighted by atomic mass is 10.2. The molecule has 1 saturated carbocycles. The number of amides is 2.